The van der Waals surface area contributed by atoms with Crippen LogP contribution in [0.15, 0.2) is 24.3 Å². The molecule has 0 fully saturated rings. The van der Waals surface area contributed by atoms with Gasteiger partial charge in [-0.1, -0.05) is 12.1 Å². The van der Waals surface area contributed by atoms with Crippen molar-refractivity contribution >= 4 is 5.69 Å². The molecule has 1 N–H and O–H groups in total. The summed E-state index contributed by atoms with van der Waals surface area (Å²) in [6, 6.07) is 4.98. The average molecular weight is 230 g/mol. The van der Waals surface area contributed by atoms with Crippen LogP contribution in [0.5, 0.6) is 0 Å². The number of benzene rings is 1. The van der Waals surface area contributed by atoms with Crippen molar-refractivity contribution in [1.29, 1.82) is 0 Å². The third kappa shape index (κ3) is 3.54. The molecule has 1 rings (SSSR count). The lowest BCUT2D eigenvalue weighted by Gasteiger charge is -2.12. The quantitative estimate of drug-likeness (QED) is 0.624. The first kappa shape index (κ1) is 12.5. The van der Waals surface area contributed by atoms with Crippen LogP contribution in [0.1, 0.15) is 12.5 Å². The predicted molar refractivity (Wildman–Crippen MR) is 55.4 cm³/mol. The van der Waals surface area contributed by atoms with Gasteiger partial charge >= 0.3 is 0 Å². The number of nitrogens with one attached hydrogen (secondary N) is 1. The second-order valence-corrected chi connectivity index (χ2v) is 3.43. The van der Waals surface area contributed by atoms with Gasteiger partial charge in [0.25, 0.3) is 12.1 Å². The van der Waals surface area contributed by atoms with Crippen LogP contribution in [-0.4, -0.2) is 17.4 Å². The van der Waals surface area contributed by atoms with Gasteiger partial charge < -0.3 is 5.32 Å². The second kappa shape index (κ2) is 5.50. The van der Waals surface area contributed by atoms with Crippen molar-refractivity contribution in [3.8, 4) is 0 Å². The number of non-ortho nitro benzene ring substituents is 1. The van der Waals surface area contributed by atoms with Crippen LogP contribution in [-0.2, 0) is 6.54 Å². The van der Waals surface area contributed by atoms with E-state index in [9.17, 15) is 18.9 Å². The summed E-state index contributed by atoms with van der Waals surface area (Å²) in [7, 11) is 0. The van der Waals surface area contributed by atoms with E-state index >= 15 is 0 Å². The molecule has 0 radical (unpaired) electrons. The molecule has 16 heavy (non-hydrogen) atoms. The molecule has 1 unspecified atom stereocenters. The molecule has 0 saturated carbocycles. The summed E-state index contributed by atoms with van der Waals surface area (Å²) in [5.41, 5.74) is 0.575. The monoisotopic (exact) mass is 230 g/mol. The van der Waals surface area contributed by atoms with Crippen molar-refractivity contribution in [2.24, 2.45) is 0 Å². The topological polar surface area (TPSA) is 55.2 Å². The zero-order chi connectivity index (χ0) is 12.1. The smallest absolute Gasteiger partial charge is 0.269 e. The van der Waals surface area contributed by atoms with E-state index in [4.69, 9.17) is 0 Å². The molecule has 0 saturated heterocycles. The molecule has 88 valence electrons. The van der Waals surface area contributed by atoms with E-state index in [2.05, 4.69) is 5.32 Å². The Kier molecular flexibility index (Phi) is 4.30. The molecule has 0 spiro atoms. The average Bonchev–Trinajstić information content (AvgIpc) is 2.26. The van der Waals surface area contributed by atoms with Crippen LogP contribution in [0.25, 0.3) is 0 Å². The molecule has 0 aliphatic rings. The zero-order valence-electron chi connectivity index (χ0n) is 8.69. The van der Waals surface area contributed by atoms with Crippen LogP contribution < -0.4 is 5.32 Å². The Morgan fingerprint density at radius 2 is 2.19 bits per heavy atom. The lowest BCUT2D eigenvalue weighted by molar-refractivity contribution is -0.384. The van der Waals surface area contributed by atoms with E-state index in [0.29, 0.717) is 5.56 Å². The first-order valence-electron chi connectivity index (χ1n) is 4.75. The van der Waals surface area contributed by atoms with Crippen LogP contribution in [0.3, 0.4) is 0 Å². The highest BCUT2D eigenvalue weighted by Gasteiger charge is 2.13. The highest BCUT2D eigenvalue weighted by atomic mass is 19.3. The number of alkyl halides is 2. The van der Waals surface area contributed by atoms with E-state index in [1.54, 1.807) is 6.07 Å². The van der Waals surface area contributed by atoms with E-state index < -0.39 is 17.4 Å². The van der Waals surface area contributed by atoms with Gasteiger partial charge in [0.1, 0.15) is 0 Å². The number of rotatable bonds is 5. The minimum Gasteiger partial charge on any atom is -0.305 e. The first-order chi connectivity index (χ1) is 7.50. The number of hydrogen-bond donors (Lipinski definition) is 1. The maximum Gasteiger partial charge on any atom is 0.269 e. The van der Waals surface area contributed by atoms with Gasteiger partial charge in [-0.3, -0.25) is 10.1 Å². The van der Waals surface area contributed by atoms with Crippen LogP contribution >= 0.6 is 0 Å². The van der Waals surface area contributed by atoms with Crippen LogP contribution in [0.2, 0.25) is 0 Å². The maximum absolute atomic E-state index is 12.2. The largest absolute Gasteiger partial charge is 0.305 e. The summed E-state index contributed by atoms with van der Waals surface area (Å²) in [6.07, 6.45) is -2.45. The highest BCUT2D eigenvalue weighted by Crippen LogP contribution is 2.13. The van der Waals surface area contributed by atoms with Gasteiger partial charge in [-0.05, 0) is 12.5 Å². The Morgan fingerprint density at radius 1 is 1.50 bits per heavy atom. The number of nitro benzene ring substituents is 1. The normalized spacial score (nSPS) is 12.8. The third-order valence-electron chi connectivity index (χ3n) is 2.13. The molecule has 4 nitrogen and oxygen atoms in total. The lowest BCUT2D eigenvalue weighted by atomic mass is 10.2. The van der Waals surface area contributed by atoms with Gasteiger partial charge in [-0.25, -0.2) is 8.78 Å². The second-order valence-electron chi connectivity index (χ2n) is 3.43. The number of nitrogens with zero attached hydrogens (tertiary/aromatic N) is 1. The summed E-state index contributed by atoms with van der Waals surface area (Å²) >= 11 is 0. The molecule has 6 heteroatoms. The molecule has 0 heterocycles. The van der Waals surface area contributed by atoms with Crippen molar-refractivity contribution in [3.05, 3.63) is 39.9 Å². The lowest BCUT2D eigenvalue weighted by Crippen LogP contribution is -2.31. The Balaban J connectivity index is 2.61. The van der Waals surface area contributed by atoms with Gasteiger partial charge in [0.2, 0.25) is 0 Å². The SMILES string of the molecule is CC(NCc1cccc([N+](=O)[O-])c1)C(F)F. The van der Waals surface area contributed by atoms with E-state index in [1.165, 1.54) is 25.1 Å². The summed E-state index contributed by atoms with van der Waals surface area (Å²) in [4.78, 5) is 9.95. The number of halogens is 2. The Hall–Kier alpha value is -1.56. The van der Waals surface area contributed by atoms with E-state index in [0.717, 1.165) is 0 Å². The summed E-state index contributed by atoms with van der Waals surface area (Å²) in [6.45, 7) is 1.55. The predicted octanol–water partition coefficient (Wildman–Crippen LogP) is 2.34. The van der Waals surface area contributed by atoms with Crippen molar-refractivity contribution in [2.75, 3.05) is 0 Å². The fourth-order valence-corrected chi connectivity index (χ4v) is 1.15. The molecule has 0 aromatic heterocycles. The zero-order valence-corrected chi connectivity index (χ0v) is 8.69. The summed E-state index contributed by atoms with van der Waals surface area (Å²) < 4.78 is 24.3. The molecule has 1 aromatic carbocycles. The minimum atomic E-state index is -2.45. The Morgan fingerprint density at radius 3 is 2.75 bits per heavy atom. The Bertz CT molecular complexity index is 372. The summed E-state index contributed by atoms with van der Waals surface area (Å²) in [5, 5.41) is 13.1. The van der Waals surface area contributed by atoms with Crippen molar-refractivity contribution in [3.63, 3.8) is 0 Å². The van der Waals surface area contributed by atoms with Crippen molar-refractivity contribution < 1.29 is 13.7 Å². The minimum absolute atomic E-state index is 0.0380. The van der Waals surface area contributed by atoms with Crippen molar-refractivity contribution in [1.82, 2.24) is 5.32 Å². The highest BCUT2D eigenvalue weighted by molar-refractivity contribution is 5.34. The fraction of sp³-hybridized carbons (Fsp3) is 0.400. The van der Waals surface area contributed by atoms with Gasteiger partial charge in [-0.2, -0.15) is 0 Å². The third-order valence-corrected chi connectivity index (χ3v) is 2.13. The van der Waals surface area contributed by atoms with E-state index in [-0.39, 0.29) is 12.2 Å². The fourth-order valence-electron chi connectivity index (χ4n) is 1.15. The molecule has 0 bridgehead atoms. The van der Waals surface area contributed by atoms with Gasteiger partial charge in [0.15, 0.2) is 0 Å². The first-order valence-corrected chi connectivity index (χ1v) is 4.75. The molecule has 1 atom stereocenters. The molecule has 0 aliphatic carbocycles. The standard InChI is InChI=1S/C10H12F2N2O2/c1-7(10(11)12)13-6-8-3-2-4-9(5-8)14(15)16/h2-5,7,10,13H,6H2,1H3. The number of nitro groups is 1. The maximum atomic E-state index is 12.2. The van der Waals surface area contributed by atoms with Gasteiger partial charge in [0.05, 0.1) is 11.0 Å². The number of hydrogen-bond acceptors (Lipinski definition) is 3. The molecular formula is C10H12F2N2O2. The summed E-state index contributed by atoms with van der Waals surface area (Å²) in [5.74, 6) is 0. The molecule has 0 aliphatic heterocycles. The van der Waals surface area contributed by atoms with Gasteiger partial charge in [-0.15, -0.1) is 0 Å². The van der Waals surface area contributed by atoms with Gasteiger partial charge in [0, 0.05) is 18.7 Å². The van der Waals surface area contributed by atoms with Crippen LogP contribution in [0, 0.1) is 10.1 Å². The van der Waals surface area contributed by atoms with E-state index in [1.807, 2.05) is 0 Å². The molecular weight excluding hydrogens is 218 g/mol. The van der Waals surface area contributed by atoms with Crippen LogP contribution in [0.4, 0.5) is 14.5 Å². The molecule has 0 amide bonds. The van der Waals surface area contributed by atoms with Crippen molar-refractivity contribution in [2.45, 2.75) is 25.9 Å². The molecule has 1 aromatic rings. The Labute approximate surface area is 91.4 Å².